The van der Waals surface area contributed by atoms with E-state index >= 15 is 0 Å². The Morgan fingerprint density at radius 3 is 2.26 bits per heavy atom. The number of nitrogens with zero attached hydrogens (tertiary/aromatic N) is 5. The number of hydrogen-bond donors (Lipinski definition) is 6. The molecule has 3 saturated heterocycles. The standard InChI is InChI=1S/C22H23Cl2N7O13P2/c23-7-1-9-10(2-8(7)24)30(5-26-9)21-17-14(32)11(41-21)3-39-45(35,36)43-16-12(4-40-46(37,38)44-17)42-20(15(16)33)31-6-27-13-18(31)28-22(25)29-19(13)34/h1-2,5-6,11-12,14-17,20-21,32-33H,3-4H2,(H,35,36)(H,37,38)(H3,25,28,29,34). The Kier molecular flexibility index (Phi) is 8.06. The number of fused-ring (bicyclic) bond motifs is 5. The Hall–Kier alpha value is -2.52. The lowest BCUT2D eigenvalue weighted by Crippen LogP contribution is -2.36. The molecule has 1 aromatic carbocycles. The van der Waals surface area contributed by atoms with Crippen LogP contribution in [-0.2, 0) is 36.7 Å². The van der Waals surface area contributed by atoms with Gasteiger partial charge >= 0.3 is 15.6 Å². The summed E-state index contributed by atoms with van der Waals surface area (Å²) < 4.78 is 61.4. The number of aromatic nitrogens is 6. The van der Waals surface area contributed by atoms with Gasteiger partial charge in [0.1, 0.15) is 36.6 Å². The van der Waals surface area contributed by atoms with Crippen molar-refractivity contribution in [2.75, 3.05) is 18.9 Å². The number of phosphoric acid groups is 2. The van der Waals surface area contributed by atoms with Crippen LogP contribution < -0.4 is 11.3 Å². The molecule has 3 aliphatic rings. The highest BCUT2D eigenvalue weighted by molar-refractivity contribution is 7.47. The van der Waals surface area contributed by atoms with Gasteiger partial charge in [0.05, 0.1) is 46.9 Å². The molecule has 0 spiro atoms. The normalized spacial score (nSPS) is 37.2. The van der Waals surface area contributed by atoms with E-state index in [1.165, 1.54) is 23.0 Å². The number of nitrogens with two attached hydrogens (primary N) is 1. The third kappa shape index (κ3) is 5.67. The number of ether oxygens (including phenoxy) is 2. The number of aliphatic hydroxyl groups is 2. The second-order valence-electron chi connectivity index (χ2n) is 10.5. The number of H-pyrrole nitrogens is 1. The van der Waals surface area contributed by atoms with Crippen LogP contribution in [0.15, 0.2) is 29.6 Å². The largest absolute Gasteiger partial charge is 0.472 e. The number of halogens is 2. The monoisotopic (exact) mass is 725 g/mol. The fourth-order valence-corrected chi connectivity index (χ4v) is 7.68. The molecule has 24 heteroatoms. The molecule has 4 aromatic rings. The first-order valence-electron chi connectivity index (χ1n) is 13.2. The number of aliphatic hydroxyl groups excluding tert-OH is 2. The zero-order valence-corrected chi connectivity index (χ0v) is 26.1. The molecule has 0 saturated carbocycles. The Morgan fingerprint density at radius 2 is 1.52 bits per heavy atom. The van der Waals surface area contributed by atoms with Crippen LogP contribution in [0.2, 0.25) is 10.0 Å². The van der Waals surface area contributed by atoms with E-state index in [0.717, 1.165) is 10.9 Å². The summed E-state index contributed by atoms with van der Waals surface area (Å²) >= 11 is 12.3. The van der Waals surface area contributed by atoms with Crippen molar-refractivity contribution in [1.29, 1.82) is 0 Å². The van der Waals surface area contributed by atoms with Crippen molar-refractivity contribution in [3.8, 4) is 0 Å². The second kappa shape index (κ2) is 11.6. The van der Waals surface area contributed by atoms with Crippen molar-refractivity contribution in [3.63, 3.8) is 0 Å². The van der Waals surface area contributed by atoms with Crippen molar-refractivity contribution < 1.29 is 56.7 Å². The first kappa shape index (κ1) is 32.0. The summed E-state index contributed by atoms with van der Waals surface area (Å²) in [7, 11) is -10.2. The third-order valence-corrected chi connectivity index (χ3v) is 10.2. The number of aromatic amines is 1. The van der Waals surface area contributed by atoms with Gasteiger partial charge in [-0.15, -0.1) is 0 Å². The molecule has 0 aliphatic carbocycles. The molecular formula is C22H23Cl2N7O13P2. The molecule has 10 atom stereocenters. The third-order valence-electron chi connectivity index (χ3n) is 7.55. The van der Waals surface area contributed by atoms with Crippen LogP contribution in [0.1, 0.15) is 12.5 Å². The zero-order valence-electron chi connectivity index (χ0n) is 22.8. The Labute approximate surface area is 265 Å². The highest BCUT2D eigenvalue weighted by Gasteiger charge is 2.53. The SMILES string of the molecule is Nc1nc2c(ncn2C2OC3COP(=O)(O)OC4C(O)C(COP(=O)(O)OC3C2O)OC4n2cnc3cc(Cl)c(Cl)cc32)c(=O)[nH]1. The van der Waals surface area contributed by atoms with Gasteiger partial charge in [0.15, 0.2) is 23.6 Å². The summed E-state index contributed by atoms with van der Waals surface area (Å²) in [5.74, 6) is -0.270. The number of nitrogen functional groups attached to an aromatic ring is 1. The molecule has 46 heavy (non-hydrogen) atoms. The fraction of sp³-hybridized carbons (Fsp3) is 0.455. The van der Waals surface area contributed by atoms with Gasteiger partial charge in [0.25, 0.3) is 5.56 Å². The van der Waals surface area contributed by atoms with E-state index < -0.39 is 83.5 Å². The number of phosphoric ester groups is 2. The molecule has 7 N–H and O–H groups in total. The molecule has 6 heterocycles. The van der Waals surface area contributed by atoms with Gasteiger partial charge in [0, 0.05) is 0 Å². The number of anilines is 1. The van der Waals surface area contributed by atoms with E-state index in [1.54, 1.807) is 0 Å². The molecule has 3 fully saturated rings. The van der Waals surface area contributed by atoms with Crippen molar-refractivity contribution >= 4 is 67.0 Å². The summed E-state index contributed by atoms with van der Waals surface area (Å²) in [5.41, 5.74) is 5.41. The summed E-state index contributed by atoms with van der Waals surface area (Å²) in [6.07, 6.45) is -10.2. The molecule has 3 aliphatic heterocycles. The van der Waals surface area contributed by atoms with Crippen LogP contribution >= 0.6 is 38.8 Å². The number of rotatable bonds is 2. The van der Waals surface area contributed by atoms with E-state index in [2.05, 4.69) is 19.9 Å². The summed E-state index contributed by atoms with van der Waals surface area (Å²) in [6, 6.07) is 2.92. The minimum absolute atomic E-state index is 0.107. The van der Waals surface area contributed by atoms with Crippen LogP contribution in [0.4, 0.5) is 5.95 Å². The van der Waals surface area contributed by atoms with Gasteiger partial charge < -0.3 is 39.8 Å². The molecule has 2 bridgehead atoms. The average Bonchev–Trinajstić information content (AvgIpc) is 3.72. The van der Waals surface area contributed by atoms with Crippen LogP contribution in [-0.4, -0.2) is 98.9 Å². The first-order valence-corrected chi connectivity index (χ1v) is 17.0. The smallest absolute Gasteiger partial charge is 0.387 e. The number of nitrogens with one attached hydrogen (secondary N) is 1. The maximum atomic E-state index is 13.2. The number of benzene rings is 1. The average molecular weight is 726 g/mol. The van der Waals surface area contributed by atoms with Crippen molar-refractivity contribution in [2.24, 2.45) is 0 Å². The van der Waals surface area contributed by atoms with Crippen LogP contribution in [0, 0.1) is 0 Å². The predicted octanol–water partition coefficient (Wildman–Crippen LogP) is 0.593. The molecule has 0 radical (unpaired) electrons. The van der Waals surface area contributed by atoms with Gasteiger partial charge in [-0.2, -0.15) is 4.98 Å². The molecule has 20 nitrogen and oxygen atoms in total. The van der Waals surface area contributed by atoms with Gasteiger partial charge in [-0.05, 0) is 12.1 Å². The number of imidazole rings is 2. The zero-order chi connectivity index (χ0) is 32.7. The molecule has 0 amide bonds. The second-order valence-corrected chi connectivity index (χ2v) is 14.1. The maximum absolute atomic E-state index is 13.2. The lowest BCUT2D eigenvalue weighted by atomic mass is 10.1. The van der Waals surface area contributed by atoms with Crippen LogP contribution in [0.25, 0.3) is 22.2 Å². The number of hydrogen-bond acceptors (Lipinski definition) is 15. The quantitative estimate of drug-likeness (QED) is 0.154. The Morgan fingerprint density at radius 1 is 0.891 bits per heavy atom. The lowest BCUT2D eigenvalue weighted by Gasteiger charge is -2.26. The van der Waals surface area contributed by atoms with Crippen molar-refractivity contribution in [1.82, 2.24) is 29.1 Å². The van der Waals surface area contributed by atoms with Crippen LogP contribution in [0.3, 0.4) is 0 Å². The maximum Gasteiger partial charge on any atom is 0.472 e. The lowest BCUT2D eigenvalue weighted by molar-refractivity contribution is -0.0671. The van der Waals surface area contributed by atoms with Crippen LogP contribution in [0.5, 0.6) is 0 Å². The van der Waals surface area contributed by atoms with E-state index in [4.69, 9.17) is 56.5 Å². The van der Waals surface area contributed by atoms with E-state index in [9.17, 15) is 33.9 Å². The van der Waals surface area contributed by atoms with Gasteiger partial charge in [-0.25, -0.2) is 19.1 Å². The minimum atomic E-state index is -5.09. The summed E-state index contributed by atoms with van der Waals surface area (Å²) in [4.78, 5) is 48.0. The Bertz CT molecular complexity index is 1990. The molecule has 10 unspecified atom stereocenters. The van der Waals surface area contributed by atoms with E-state index in [-0.39, 0.29) is 27.2 Å². The topological polar surface area (TPSA) is 278 Å². The summed E-state index contributed by atoms with van der Waals surface area (Å²) in [5, 5.41) is 22.6. The van der Waals surface area contributed by atoms with E-state index in [0.29, 0.717) is 11.0 Å². The molecule has 3 aromatic heterocycles. The van der Waals surface area contributed by atoms with Crippen molar-refractivity contribution in [3.05, 3.63) is 45.2 Å². The van der Waals surface area contributed by atoms with Gasteiger partial charge in [-0.1, -0.05) is 23.2 Å². The Balaban J connectivity index is 1.21. The fourth-order valence-electron chi connectivity index (χ4n) is 5.47. The molecule has 7 rings (SSSR count). The summed E-state index contributed by atoms with van der Waals surface area (Å²) in [6.45, 7) is -1.63. The molecular weight excluding hydrogens is 703 g/mol. The highest BCUT2D eigenvalue weighted by Crippen LogP contribution is 2.53. The first-order chi connectivity index (χ1) is 21.7. The van der Waals surface area contributed by atoms with Gasteiger partial charge in [0.2, 0.25) is 5.95 Å². The van der Waals surface area contributed by atoms with Gasteiger partial charge in [-0.3, -0.25) is 32.4 Å². The highest BCUT2D eigenvalue weighted by atomic mass is 35.5. The predicted molar refractivity (Wildman–Crippen MR) is 153 cm³/mol. The molecule has 248 valence electrons. The van der Waals surface area contributed by atoms with E-state index in [1.807, 2.05) is 0 Å². The minimum Gasteiger partial charge on any atom is -0.387 e. The van der Waals surface area contributed by atoms with Crippen molar-refractivity contribution in [2.45, 2.75) is 49.1 Å².